The first-order chi connectivity index (χ1) is 9.55. The standard InChI is InChI=1S/C13H19N3O4/c1-9(17)14-4-5-15-13(18)16-10-6-11(19-2)8-12(7-10)20-3/h6-8H,4-5H2,1-3H3,(H,14,17)(H2,15,16,18). The zero-order valence-electron chi connectivity index (χ0n) is 11.8. The number of rotatable bonds is 6. The number of urea groups is 1. The first kappa shape index (κ1) is 15.6. The molecule has 7 heteroatoms. The molecule has 0 aliphatic carbocycles. The molecule has 0 saturated heterocycles. The van der Waals surface area contributed by atoms with Gasteiger partial charge in [0.25, 0.3) is 0 Å². The third kappa shape index (κ3) is 5.47. The van der Waals surface area contributed by atoms with Crippen molar-refractivity contribution in [3.63, 3.8) is 0 Å². The van der Waals surface area contributed by atoms with E-state index in [9.17, 15) is 9.59 Å². The lowest BCUT2D eigenvalue weighted by molar-refractivity contribution is -0.118. The second kappa shape index (κ2) is 7.88. The van der Waals surface area contributed by atoms with E-state index in [1.807, 2.05) is 0 Å². The summed E-state index contributed by atoms with van der Waals surface area (Å²) in [6.45, 7) is 2.14. The molecule has 0 aliphatic rings. The van der Waals surface area contributed by atoms with Gasteiger partial charge in [-0.2, -0.15) is 0 Å². The molecule has 0 heterocycles. The average molecular weight is 281 g/mol. The highest BCUT2D eigenvalue weighted by molar-refractivity contribution is 5.89. The molecule has 0 bridgehead atoms. The third-order valence-electron chi connectivity index (χ3n) is 2.39. The zero-order valence-corrected chi connectivity index (χ0v) is 11.8. The predicted octanol–water partition coefficient (Wildman–Crippen LogP) is 0.961. The van der Waals surface area contributed by atoms with E-state index in [1.54, 1.807) is 18.2 Å². The summed E-state index contributed by atoms with van der Waals surface area (Å²) >= 11 is 0. The van der Waals surface area contributed by atoms with Gasteiger partial charge in [0, 0.05) is 43.9 Å². The number of hydrogen-bond acceptors (Lipinski definition) is 4. The number of amides is 3. The predicted molar refractivity (Wildman–Crippen MR) is 75.3 cm³/mol. The Bertz CT molecular complexity index is 454. The molecular formula is C13H19N3O4. The van der Waals surface area contributed by atoms with Crippen LogP contribution in [0.25, 0.3) is 0 Å². The zero-order chi connectivity index (χ0) is 15.0. The Morgan fingerprint density at radius 1 is 1.00 bits per heavy atom. The van der Waals surface area contributed by atoms with Crippen molar-refractivity contribution in [1.82, 2.24) is 10.6 Å². The Morgan fingerprint density at radius 3 is 2.05 bits per heavy atom. The van der Waals surface area contributed by atoms with E-state index >= 15 is 0 Å². The van der Waals surface area contributed by atoms with Crippen molar-refractivity contribution < 1.29 is 19.1 Å². The van der Waals surface area contributed by atoms with E-state index in [0.717, 1.165) is 0 Å². The molecule has 0 spiro atoms. The molecule has 0 fully saturated rings. The van der Waals surface area contributed by atoms with Crippen molar-refractivity contribution in [3.8, 4) is 11.5 Å². The minimum absolute atomic E-state index is 0.134. The summed E-state index contributed by atoms with van der Waals surface area (Å²) in [6, 6.07) is 4.69. The van der Waals surface area contributed by atoms with Crippen LogP contribution in [0.15, 0.2) is 18.2 Å². The van der Waals surface area contributed by atoms with Gasteiger partial charge in [0.05, 0.1) is 14.2 Å². The lowest BCUT2D eigenvalue weighted by Crippen LogP contribution is -2.36. The molecule has 1 aromatic carbocycles. The normalized spacial score (nSPS) is 9.55. The lowest BCUT2D eigenvalue weighted by Gasteiger charge is -2.11. The van der Waals surface area contributed by atoms with Gasteiger partial charge in [-0.05, 0) is 0 Å². The van der Waals surface area contributed by atoms with E-state index in [1.165, 1.54) is 21.1 Å². The summed E-state index contributed by atoms with van der Waals surface area (Å²) in [5, 5.41) is 7.85. The van der Waals surface area contributed by atoms with Crippen molar-refractivity contribution >= 4 is 17.6 Å². The number of methoxy groups -OCH3 is 2. The molecule has 0 aromatic heterocycles. The maximum absolute atomic E-state index is 11.6. The summed E-state index contributed by atoms with van der Waals surface area (Å²) in [5.41, 5.74) is 0.554. The third-order valence-corrected chi connectivity index (χ3v) is 2.39. The molecular weight excluding hydrogens is 262 g/mol. The molecule has 7 nitrogen and oxygen atoms in total. The summed E-state index contributed by atoms with van der Waals surface area (Å²) in [5.74, 6) is 1.03. The van der Waals surface area contributed by atoms with Crippen LogP contribution in [0.3, 0.4) is 0 Å². The van der Waals surface area contributed by atoms with E-state index in [2.05, 4.69) is 16.0 Å². The molecule has 0 saturated carbocycles. The number of nitrogens with one attached hydrogen (secondary N) is 3. The second-order valence-corrected chi connectivity index (χ2v) is 3.97. The molecule has 20 heavy (non-hydrogen) atoms. The Labute approximate surface area is 117 Å². The SMILES string of the molecule is COc1cc(NC(=O)NCCNC(C)=O)cc(OC)c1. The van der Waals surface area contributed by atoms with Crippen LogP contribution in [-0.2, 0) is 4.79 Å². The fraction of sp³-hybridized carbons (Fsp3) is 0.385. The van der Waals surface area contributed by atoms with Crippen LogP contribution in [-0.4, -0.2) is 39.2 Å². The number of anilines is 1. The molecule has 0 aliphatic heterocycles. The van der Waals surface area contributed by atoms with Crippen LogP contribution in [0, 0.1) is 0 Å². The fourth-order valence-corrected chi connectivity index (χ4v) is 1.47. The number of hydrogen-bond donors (Lipinski definition) is 3. The first-order valence-electron chi connectivity index (χ1n) is 6.07. The van der Waals surface area contributed by atoms with Gasteiger partial charge in [0.15, 0.2) is 0 Å². The van der Waals surface area contributed by atoms with Gasteiger partial charge >= 0.3 is 6.03 Å². The molecule has 1 rings (SSSR count). The van der Waals surface area contributed by atoms with E-state index < -0.39 is 0 Å². The van der Waals surface area contributed by atoms with Gasteiger partial charge in [-0.15, -0.1) is 0 Å². The largest absolute Gasteiger partial charge is 0.497 e. The first-order valence-corrected chi connectivity index (χ1v) is 6.07. The molecule has 3 N–H and O–H groups in total. The van der Waals surface area contributed by atoms with Gasteiger partial charge in [-0.25, -0.2) is 4.79 Å². The number of benzene rings is 1. The van der Waals surface area contributed by atoms with Gasteiger partial charge in [-0.1, -0.05) is 0 Å². The van der Waals surface area contributed by atoms with Crippen molar-refractivity contribution in [2.45, 2.75) is 6.92 Å². The Morgan fingerprint density at radius 2 is 1.55 bits per heavy atom. The van der Waals surface area contributed by atoms with Crippen LogP contribution in [0.5, 0.6) is 11.5 Å². The summed E-state index contributed by atoms with van der Waals surface area (Å²) < 4.78 is 10.2. The lowest BCUT2D eigenvalue weighted by atomic mass is 10.3. The highest BCUT2D eigenvalue weighted by Gasteiger charge is 2.05. The highest BCUT2D eigenvalue weighted by Crippen LogP contribution is 2.25. The summed E-state index contributed by atoms with van der Waals surface area (Å²) in [7, 11) is 3.07. The Hall–Kier alpha value is -2.44. The Balaban J connectivity index is 2.50. The van der Waals surface area contributed by atoms with Crippen LogP contribution in [0.2, 0.25) is 0 Å². The molecule has 1 aromatic rings. The summed E-state index contributed by atoms with van der Waals surface area (Å²) in [4.78, 5) is 22.3. The molecule has 0 unspecified atom stereocenters. The van der Waals surface area contributed by atoms with E-state index in [0.29, 0.717) is 30.3 Å². The number of ether oxygens (including phenoxy) is 2. The van der Waals surface area contributed by atoms with Crippen molar-refractivity contribution in [2.24, 2.45) is 0 Å². The second-order valence-electron chi connectivity index (χ2n) is 3.97. The minimum Gasteiger partial charge on any atom is -0.497 e. The molecule has 3 amide bonds. The summed E-state index contributed by atoms with van der Waals surface area (Å²) in [6.07, 6.45) is 0. The number of carbonyl (C=O) groups is 2. The molecule has 0 radical (unpaired) electrons. The Kier molecular flexibility index (Phi) is 6.15. The van der Waals surface area contributed by atoms with Crippen molar-refractivity contribution in [1.29, 1.82) is 0 Å². The monoisotopic (exact) mass is 281 g/mol. The van der Waals surface area contributed by atoms with Gasteiger partial charge < -0.3 is 25.4 Å². The van der Waals surface area contributed by atoms with Crippen LogP contribution < -0.4 is 25.4 Å². The maximum Gasteiger partial charge on any atom is 0.319 e. The van der Waals surface area contributed by atoms with Crippen LogP contribution >= 0.6 is 0 Å². The maximum atomic E-state index is 11.6. The van der Waals surface area contributed by atoms with Crippen LogP contribution in [0.1, 0.15) is 6.92 Å². The van der Waals surface area contributed by atoms with Gasteiger partial charge in [0.1, 0.15) is 11.5 Å². The van der Waals surface area contributed by atoms with E-state index in [-0.39, 0.29) is 11.9 Å². The topological polar surface area (TPSA) is 88.7 Å². The highest BCUT2D eigenvalue weighted by atomic mass is 16.5. The van der Waals surface area contributed by atoms with Gasteiger partial charge in [-0.3, -0.25) is 4.79 Å². The number of carbonyl (C=O) groups excluding carboxylic acids is 2. The molecule has 0 atom stereocenters. The van der Waals surface area contributed by atoms with Crippen molar-refractivity contribution in [2.75, 3.05) is 32.6 Å². The van der Waals surface area contributed by atoms with Gasteiger partial charge in [0.2, 0.25) is 5.91 Å². The van der Waals surface area contributed by atoms with E-state index in [4.69, 9.17) is 9.47 Å². The quantitative estimate of drug-likeness (QED) is 0.678. The molecule has 110 valence electrons. The van der Waals surface area contributed by atoms with Crippen LogP contribution in [0.4, 0.5) is 10.5 Å². The fourth-order valence-electron chi connectivity index (χ4n) is 1.47. The minimum atomic E-state index is -0.370. The van der Waals surface area contributed by atoms with Crippen molar-refractivity contribution in [3.05, 3.63) is 18.2 Å². The smallest absolute Gasteiger partial charge is 0.319 e. The average Bonchev–Trinajstić information content (AvgIpc) is 2.42.